The molecule has 9 heteroatoms. The second-order valence-corrected chi connectivity index (χ2v) is 9.41. The molecule has 35 heavy (non-hydrogen) atoms. The monoisotopic (exact) mass is 479 g/mol. The van der Waals surface area contributed by atoms with Crippen LogP contribution in [0.25, 0.3) is 27.9 Å². The molecule has 0 radical (unpaired) electrons. The van der Waals surface area contributed by atoms with Gasteiger partial charge in [0.05, 0.1) is 26.0 Å². The number of fused-ring (bicyclic) bond motifs is 2. The largest absolute Gasteiger partial charge is 0.353 e. The van der Waals surface area contributed by atoms with Gasteiger partial charge in [-0.1, -0.05) is 13.8 Å². The third kappa shape index (κ3) is 4.14. The maximum Gasteiger partial charge on any atom is 0.236 e. The van der Waals surface area contributed by atoms with Gasteiger partial charge >= 0.3 is 0 Å². The van der Waals surface area contributed by atoms with Gasteiger partial charge in [-0.3, -0.25) is 4.79 Å². The first-order valence-electron chi connectivity index (χ1n) is 14.3. The fourth-order valence-corrected chi connectivity index (χ4v) is 4.83. The highest BCUT2D eigenvalue weighted by Gasteiger charge is 2.24. The Morgan fingerprint density at radius 1 is 1.23 bits per heavy atom. The van der Waals surface area contributed by atoms with E-state index in [-0.39, 0.29) is 19.0 Å². The summed E-state index contributed by atoms with van der Waals surface area (Å²) >= 11 is 0. The number of likely N-dealkylation sites (N-methyl/N-ethyl adjacent to an activating group) is 1. The molecule has 0 bridgehead atoms. The number of pyridine rings is 2. The minimum absolute atomic E-state index is 0.185. The molecule has 1 aliphatic heterocycles. The standard InChI is InChI=1S/C26H34N8O/c1-16(2)23-24(19-13-34-26(27-15-28-34)18(4)17(19)3)29-20-7-8-21(30-25(20)23)32-9-11-33(12-10-32)22(35)14-31(5)6/h7-8,13,15-16,29H,9-12,14H2,1-6H3/i5D3,14D2. The van der Waals surface area contributed by atoms with Crippen molar-refractivity contribution in [2.45, 2.75) is 33.6 Å². The smallest absolute Gasteiger partial charge is 0.236 e. The number of H-pyrrole nitrogens is 1. The number of nitrogens with zero attached hydrogens (tertiary/aromatic N) is 7. The molecular weight excluding hydrogens is 440 g/mol. The number of piperazine rings is 1. The summed E-state index contributed by atoms with van der Waals surface area (Å²) < 4.78 is 40.5. The predicted octanol–water partition coefficient (Wildman–Crippen LogP) is 3.22. The molecule has 0 aromatic carbocycles. The zero-order valence-electron chi connectivity index (χ0n) is 25.8. The topological polar surface area (TPSA) is 85.7 Å². The van der Waals surface area contributed by atoms with Crippen LogP contribution in [0.15, 0.2) is 24.7 Å². The lowest BCUT2D eigenvalue weighted by Gasteiger charge is -2.36. The van der Waals surface area contributed by atoms with E-state index in [9.17, 15) is 4.79 Å². The van der Waals surface area contributed by atoms with E-state index in [1.54, 1.807) is 10.8 Å². The predicted molar refractivity (Wildman–Crippen MR) is 139 cm³/mol. The summed E-state index contributed by atoms with van der Waals surface area (Å²) in [6, 6.07) is 3.97. The molecular formula is C26H34N8O. The van der Waals surface area contributed by atoms with Crippen LogP contribution >= 0.6 is 0 Å². The zero-order valence-corrected chi connectivity index (χ0v) is 20.8. The second kappa shape index (κ2) is 8.96. The molecule has 1 aliphatic rings. The van der Waals surface area contributed by atoms with Crippen LogP contribution in [0.1, 0.15) is 43.3 Å². The Bertz CT molecular complexity index is 1580. The maximum absolute atomic E-state index is 12.9. The Hall–Kier alpha value is -3.46. The highest BCUT2D eigenvalue weighted by Crippen LogP contribution is 2.37. The van der Waals surface area contributed by atoms with E-state index in [0.717, 1.165) is 57.5 Å². The van der Waals surface area contributed by atoms with Crippen LogP contribution < -0.4 is 4.90 Å². The van der Waals surface area contributed by atoms with Crippen LogP contribution in [0.2, 0.25) is 0 Å². The second-order valence-electron chi connectivity index (χ2n) is 9.41. The van der Waals surface area contributed by atoms with E-state index in [1.807, 2.05) is 25.3 Å². The molecule has 0 saturated carbocycles. The van der Waals surface area contributed by atoms with Crippen molar-refractivity contribution < 1.29 is 11.6 Å². The summed E-state index contributed by atoms with van der Waals surface area (Å²) in [4.78, 5) is 29.9. The minimum Gasteiger partial charge on any atom is -0.353 e. The number of hydrogen-bond acceptors (Lipinski definition) is 6. The number of rotatable bonds is 5. The number of carbonyl (C=O) groups excluding carboxylic acids is 1. The minimum atomic E-state index is -2.72. The number of nitrogens with one attached hydrogen (secondary N) is 1. The maximum atomic E-state index is 12.9. The van der Waals surface area contributed by atoms with Crippen molar-refractivity contribution in [1.82, 2.24) is 34.4 Å². The van der Waals surface area contributed by atoms with Gasteiger partial charge in [0.15, 0.2) is 5.65 Å². The van der Waals surface area contributed by atoms with Crippen molar-refractivity contribution in [1.29, 1.82) is 0 Å². The lowest BCUT2D eigenvalue weighted by molar-refractivity contribution is -0.132. The van der Waals surface area contributed by atoms with Crippen LogP contribution in [0.3, 0.4) is 0 Å². The number of carbonyl (C=O) groups is 1. The van der Waals surface area contributed by atoms with E-state index >= 15 is 0 Å². The first-order chi connectivity index (χ1) is 18.7. The summed E-state index contributed by atoms with van der Waals surface area (Å²) in [5.41, 5.74) is 7.98. The molecule has 1 saturated heterocycles. The zero-order chi connectivity index (χ0) is 29.1. The Kier molecular flexibility index (Phi) is 4.58. The molecule has 9 nitrogen and oxygen atoms in total. The van der Waals surface area contributed by atoms with Gasteiger partial charge in [0.2, 0.25) is 5.91 Å². The van der Waals surface area contributed by atoms with E-state index < -0.39 is 19.4 Å². The Balaban J connectivity index is 1.43. The fraction of sp³-hybridized carbons (Fsp3) is 0.462. The molecule has 1 fully saturated rings. The van der Waals surface area contributed by atoms with Gasteiger partial charge < -0.3 is 19.7 Å². The first-order valence-corrected chi connectivity index (χ1v) is 11.8. The molecule has 5 heterocycles. The SMILES string of the molecule is [2H]C([2H])([2H])N(C)C([2H])([2H])C(=O)N1CCN(c2ccc3[nH]c(-c4cn5ncnc5c(C)c4C)c(C(C)C)c3n2)CC1. The number of amides is 1. The normalized spacial score (nSPS) is 17.6. The van der Waals surface area contributed by atoms with Crippen molar-refractivity contribution in [2.24, 2.45) is 0 Å². The lowest BCUT2D eigenvalue weighted by atomic mass is 9.95. The van der Waals surface area contributed by atoms with E-state index in [1.165, 1.54) is 4.90 Å². The summed E-state index contributed by atoms with van der Waals surface area (Å²) in [7, 11) is 1.10. The number of hydrogen-bond donors (Lipinski definition) is 1. The fourth-order valence-electron chi connectivity index (χ4n) is 4.83. The first kappa shape index (κ1) is 17.9. The number of anilines is 1. The Morgan fingerprint density at radius 3 is 2.71 bits per heavy atom. The third-order valence-corrected chi connectivity index (χ3v) is 6.79. The molecule has 0 atom stereocenters. The summed E-state index contributed by atoms with van der Waals surface area (Å²) in [6.45, 7) is 4.50. The van der Waals surface area contributed by atoms with Gasteiger partial charge in [-0.15, -0.1) is 0 Å². The average molecular weight is 480 g/mol. The van der Waals surface area contributed by atoms with Crippen molar-refractivity contribution in [2.75, 3.05) is 51.6 Å². The molecule has 0 spiro atoms. The molecule has 4 aromatic heterocycles. The number of aryl methyl sites for hydroxylation is 1. The van der Waals surface area contributed by atoms with Crippen molar-refractivity contribution >= 4 is 28.4 Å². The molecule has 184 valence electrons. The van der Waals surface area contributed by atoms with Gasteiger partial charge in [-0.25, -0.2) is 14.5 Å². The van der Waals surface area contributed by atoms with Gasteiger partial charge in [-0.05, 0) is 57.0 Å². The molecule has 0 aliphatic carbocycles. The Morgan fingerprint density at radius 2 is 2.00 bits per heavy atom. The van der Waals surface area contributed by atoms with E-state index in [0.29, 0.717) is 18.0 Å². The van der Waals surface area contributed by atoms with Crippen LogP contribution in [0.5, 0.6) is 0 Å². The lowest BCUT2D eigenvalue weighted by Crippen LogP contribution is -2.50. The molecule has 5 rings (SSSR count). The van der Waals surface area contributed by atoms with Gasteiger partial charge in [0.25, 0.3) is 0 Å². The third-order valence-electron chi connectivity index (χ3n) is 6.79. The highest BCUT2D eigenvalue weighted by atomic mass is 16.2. The molecule has 4 aromatic rings. The van der Waals surface area contributed by atoms with E-state index in [4.69, 9.17) is 11.8 Å². The number of aromatic nitrogens is 5. The summed E-state index contributed by atoms with van der Waals surface area (Å²) in [5.74, 6) is 0.112. The summed E-state index contributed by atoms with van der Waals surface area (Å²) in [6.07, 6.45) is 3.56. The molecule has 1 amide bonds. The van der Waals surface area contributed by atoms with Gasteiger partial charge in [0.1, 0.15) is 12.1 Å². The van der Waals surface area contributed by atoms with Crippen LogP contribution in [-0.2, 0) is 4.79 Å². The van der Waals surface area contributed by atoms with Gasteiger partial charge in [-0.2, -0.15) is 5.10 Å². The molecule has 1 N–H and O–H groups in total. The van der Waals surface area contributed by atoms with Crippen LogP contribution in [0, 0.1) is 13.8 Å². The quantitative estimate of drug-likeness (QED) is 0.473. The van der Waals surface area contributed by atoms with Crippen molar-refractivity contribution in [3.63, 3.8) is 0 Å². The number of aromatic amines is 1. The highest BCUT2D eigenvalue weighted by molar-refractivity contribution is 5.90. The summed E-state index contributed by atoms with van der Waals surface area (Å²) in [5, 5.41) is 4.35. The molecule has 0 unspecified atom stereocenters. The van der Waals surface area contributed by atoms with Crippen molar-refractivity contribution in [3.8, 4) is 11.3 Å². The average Bonchev–Trinajstić information content (AvgIpc) is 3.53. The van der Waals surface area contributed by atoms with E-state index in [2.05, 4.69) is 40.7 Å². The van der Waals surface area contributed by atoms with Crippen LogP contribution in [0.4, 0.5) is 5.82 Å². The van der Waals surface area contributed by atoms with Crippen LogP contribution in [-0.4, -0.2) is 87.0 Å². The van der Waals surface area contributed by atoms with Gasteiger partial charge in [0, 0.05) is 47.6 Å². The Labute approximate surface area is 212 Å². The van der Waals surface area contributed by atoms with Crippen molar-refractivity contribution in [3.05, 3.63) is 41.3 Å².